The Kier molecular flexibility index (Phi) is 5.16. The lowest BCUT2D eigenvalue weighted by molar-refractivity contribution is 0.0944. The minimum atomic E-state index is -0.383. The Morgan fingerprint density at radius 3 is 2.79 bits per heavy atom. The van der Waals surface area contributed by atoms with Crippen LogP contribution in [0.5, 0.6) is 5.75 Å². The summed E-state index contributed by atoms with van der Waals surface area (Å²) in [6, 6.07) is 13.9. The van der Waals surface area contributed by atoms with Gasteiger partial charge < -0.3 is 21.5 Å². The van der Waals surface area contributed by atoms with Crippen molar-refractivity contribution in [1.29, 1.82) is 0 Å². The lowest BCUT2D eigenvalue weighted by Crippen LogP contribution is -2.29. The number of carbonyl (C=O) groups excluding carboxylic acids is 1. The minimum Gasteiger partial charge on any atom is -0.508 e. The number of hydrogen-bond donors (Lipinski definition) is 4. The van der Waals surface area contributed by atoms with E-state index < -0.39 is 0 Å². The maximum Gasteiger partial charge on any atom is 0.255 e. The van der Waals surface area contributed by atoms with Crippen LogP contribution >= 0.6 is 11.3 Å². The highest BCUT2D eigenvalue weighted by molar-refractivity contribution is 7.10. The molecule has 2 heterocycles. The van der Waals surface area contributed by atoms with Crippen molar-refractivity contribution < 1.29 is 9.90 Å². The molecule has 1 amide bonds. The number of anilines is 2. The molecule has 0 aliphatic heterocycles. The van der Waals surface area contributed by atoms with E-state index in [0.29, 0.717) is 11.4 Å². The molecule has 28 heavy (non-hydrogen) atoms. The Morgan fingerprint density at radius 1 is 1.25 bits per heavy atom. The van der Waals surface area contributed by atoms with Gasteiger partial charge in [0, 0.05) is 11.4 Å². The highest BCUT2D eigenvalue weighted by Gasteiger charge is 2.22. The maximum atomic E-state index is 12.9. The van der Waals surface area contributed by atoms with Gasteiger partial charge in [0.25, 0.3) is 5.91 Å². The SMILES string of the molecule is Nc1nc(NCC2CC2)ccc1C(=O)NC(c1cccc(O)c1)c1cccs1. The van der Waals surface area contributed by atoms with Gasteiger partial charge in [0.05, 0.1) is 11.6 Å². The van der Waals surface area contributed by atoms with Gasteiger partial charge in [0.2, 0.25) is 0 Å². The zero-order valence-corrected chi connectivity index (χ0v) is 16.1. The molecule has 1 aliphatic rings. The number of aromatic hydroxyl groups is 1. The van der Waals surface area contributed by atoms with Crippen LogP contribution in [0.15, 0.2) is 53.9 Å². The number of pyridine rings is 1. The van der Waals surface area contributed by atoms with E-state index in [4.69, 9.17) is 5.73 Å². The fourth-order valence-electron chi connectivity index (χ4n) is 3.02. The van der Waals surface area contributed by atoms with Gasteiger partial charge in [-0.1, -0.05) is 18.2 Å². The molecule has 5 N–H and O–H groups in total. The number of nitrogens with two attached hydrogens (primary N) is 1. The number of benzene rings is 1. The van der Waals surface area contributed by atoms with Gasteiger partial charge in [-0.05, 0) is 60.0 Å². The summed E-state index contributed by atoms with van der Waals surface area (Å²) in [5.74, 6) is 1.45. The standard InChI is InChI=1S/C21H22N4O2S/c22-20-16(8-9-18(24-20)23-12-13-6-7-13)21(27)25-19(17-5-2-10-28-17)14-3-1-4-15(26)11-14/h1-5,8-11,13,19,26H,6-7,12H2,(H,25,27)(H3,22,23,24). The molecule has 1 unspecified atom stereocenters. The lowest BCUT2D eigenvalue weighted by Gasteiger charge is -2.19. The first-order valence-electron chi connectivity index (χ1n) is 9.24. The first-order valence-corrected chi connectivity index (χ1v) is 10.1. The molecule has 0 radical (unpaired) electrons. The molecule has 1 fully saturated rings. The van der Waals surface area contributed by atoms with Crippen LogP contribution in [0.2, 0.25) is 0 Å². The first kappa shape index (κ1) is 18.3. The molecule has 1 aromatic carbocycles. The molecular weight excluding hydrogens is 372 g/mol. The number of phenolic OH excluding ortho intramolecular Hbond substituents is 1. The molecule has 1 atom stereocenters. The van der Waals surface area contributed by atoms with Gasteiger partial charge >= 0.3 is 0 Å². The van der Waals surface area contributed by atoms with Gasteiger partial charge in [-0.2, -0.15) is 0 Å². The summed E-state index contributed by atoms with van der Waals surface area (Å²) < 4.78 is 0. The monoisotopic (exact) mass is 394 g/mol. The van der Waals surface area contributed by atoms with Crippen molar-refractivity contribution in [2.24, 2.45) is 5.92 Å². The summed E-state index contributed by atoms with van der Waals surface area (Å²) in [5, 5.41) is 18.1. The van der Waals surface area contributed by atoms with Gasteiger partial charge in [0.1, 0.15) is 17.4 Å². The molecule has 0 saturated heterocycles. The predicted molar refractivity (Wildman–Crippen MR) is 112 cm³/mol. The Balaban J connectivity index is 1.54. The van der Waals surface area contributed by atoms with Gasteiger partial charge in [-0.25, -0.2) is 4.98 Å². The van der Waals surface area contributed by atoms with E-state index in [9.17, 15) is 9.90 Å². The van der Waals surface area contributed by atoms with E-state index in [-0.39, 0.29) is 23.5 Å². The third-order valence-electron chi connectivity index (χ3n) is 4.74. The van der Waals surface area contributed by atoms with Crippen LogP contribution in [0.4, 0.5) is 11.6 Å². The molecule has 4 rings (SSSR count). The summed E-state index contributed by atoms with van der Waals surface area (Å²) in [5.41, 5.74) is 7.18. The molecular formula is C21H22N4O2S. The van der Waals surface area contributed by atoms with E-state index >= 15 is 0 Å². The highest BCUT2D eigenvalue weighted by atomic mass is 32.1. The molecule has 3 aromatic rings. The Hall–Kier alpha value is -3.06. The van der Waals surface area contributed by atoms with Crippen LogP contribution in [-0.2, 0) is 0 Å². The van der Waals surface area contributed by atoms with Gasteiger partial charge in [-0.3, -0.25) is 4.79 Å². The summed E-state index contributed by atoms with van der Waals surface area (Å²) in [4.78, 5) is 18.2. The summed E-state index contributed by atoms with van der Waals surface area (Å²) in [7, 11) is 0. The fraction of sp³-hybridized carbons (Fsp3) is 0.238. The van der Waals surface area contributed by atoms with Crippen LogP contribution in [0.1, 0.15) is 39.7 Å². The first-order chi connectivity index (χ1) is 13.6. The average molecular weight is 395 g/mol. The second kappa shape index (κ2) is 7.90. The molecule has 0 spiro atoms. The molecule has 1 aliphatic carbocycles. The molecule has 144 valence electrons. The number of phenols is 1. The van der Waals surface area contributed by atoms with E-state index in [0.717, 1.165) is 22.9 Å². The van der Waals surface area contributed by atoms with Crippen molar-refractivity contribution in [3.05, 3.63) is 69.9 Å². The van der Waals surface area contributed by atoms with Gasteiger partial charge in [-0.15, -0.1) is 11.3 Å². The normalized spacial score (nSPS) is 14.4. The number of nitrogens with one attached hydrogen (secondary N) is 2. The van der Waals surface area contributed by atoms with Crippen molar-refractivity contribution in [1.82, 2.24) is 10.3 Å². The largest absolute Gasteiger partial charge is 0.508 e. The van der Waals surface area contributed by atoms with E-state index in [1.54, 1.807) is 30.3 Å². The number of thiophene rings is 1. The summed E-state index contributed by atoms with van der Waals surface area (Å²) >= 11 is 1.54. The number of aromatic nitrogens is 1. The summed E-state index contributed by atoms with van der Waals surface area (Å²) in [6.07, 6.45) is 2.50. The van der Waals surface area contributed by atoms with Crippen LogP contribution < -0.4 is 16.4 Å². The van der Waals surface area contributed by atoms with Crippen molar-refractivity contribution in [3.8, 4) is 5.75 Å². The second-order valence-corrected chi connectivity index (χ2v) is 7.95. The van der Waals surface area contributed by atoms with E-state index in [1.807, 2.05) is 23.6 Å². The topological polar surface area (TPSA) is 100 Å². The zero-order chi connectivity index (χ0) is 19.5. The third-order valence-corrected chi connectivity index (χ3v) is 5.68. The number of nitrogens with zero attached hydrogens (tertiary/aromatic N) is 1. The van der Waals surface area contributed by atoms with Crippen LogP contribution in [0, 0.1) is 5.92 Å². The average Bonchev–Trinajstić information content (AvgIpc) is 3.36. The van der Waals surface area contributed by atoms with E-state index in [1.165, 1.54) is 24.2 Å². The number of rotatable bonds is 7. The van der Waals surface area contributed by atoms with Crippen LogP contribution in [0.3, 0.4) is 0 Å². The highest BCUT2D eigenvalue weighted by Crippen LogP contribution is 2.30. The third kappa shape index (κ3) is 4.26. The van der Waals surface area contributed by atoms with Crippen LogP contribution in [0.25, 0.3) is 0 Å². The number of carbonyl (C=O) groups is 1. The maximum absolute atomic E-state index is 12.9. The predicted octanol–water partition coefficient (Wildman–Crippen LogP) is 3.77. The Labute approximate surface area is 167 Å². The zero-order valence-electron chi connectivity index (χ0n) is 15.3. The number of amides is 1. The lowest BCUT2D eigenvalue weighted by atomic mass is 10.0. The van der Waals surface area contributed by atoms with Crippen LogP contribution in [-0.4, -0.2) is 22.5 Å². The Bertz CT molecular complexity index is 970. The molecule has 1 saturated carbocycles. The molecule has 2 aromatic heterocycles. The molecule has 0 bridgehead atoms. The number of nitrogen functional groups attached to an aromatic ring is 1. The number of hydrogen-bond acceptors (Lipinski definition) is 6. The molecule has 6 nitrogen and oxygen atoms in total. The van der Waals surface area contributed by atoms with Crippen molar-refractivity contribution >= 4 is 28.9 Å². The van der Waals surface area contributed by atoms with Crippen molar-refractivity contribution in [2.75, 3.05) is 17.6 Å². The fourth-order valence-corrected chi connectivity index (χ4v) is 3.83. The minimum absolute atomic E-state index is 0.153. The van der Waals surface area contributed by atoms with Crippen molar-refractivity contribution in [2.45, 2.75) is 18.9 Å². The van der Waals surface area contributed by atoms with E-state index in [2.05, 4.69) is 15.6 Å². The second-order valence-electron chi connectivity index (χ2n) is 6.97. The molecule has 7 heteroatoms. The quantitative estimate of drug-likeness (QED) is 0.489. The van der Waals surface area contributed by atoms with Gasteiger partial charge in [0.15, 0.2) is 0 Å². The summed E-state index contributed by atoms with van der Waals surface area (Å²) in [6.45, 7) is 0.885. The smallest absolute Gasteiger partial charge is 0.255 e. The van der Waals surface area contributed by atoms with Crippen molar-refractivity contribution in [3.63, 3.8) is 0 Å². The Morgan fingerprint density at radius 2 is 2.11 bits per heavy atom.